The minimum absolute atomic E-state index is 0.0797. The van der Waals surface area contributed by atoms with Crippen LogP contribution in [-0.2, 0) is 11.3 Å². The van der Waals surface area contributed by atoms with E-state index in [1.165, 1.54) is 0 Å². The van der Waals surface area contributed by atoms with Crippen LogP contribution in [0.2, 0.25) is 5.02 Å². The van der Waals surface area contributed by atoms with Crippen LogP contribution in [0.3, 0.4) is 0 Å². The Kier molecular flexibility index (Phi) is 4.64. The number of fused-ring (bicyclic) bond motifs is 1. The van der Waals surface area contributed by atoms with Gasteiger partial charge >= 0.3 is 0 Å². The van der Waals surface area contributed by atoms with Gasteiger partial charge in [-0.15, -0.1) is 0 Å². The second-order valence-corrected chi connectivity index (χ2v) is 6.33. The number of phenolic OH excluding ortho intramolecular Hbond substituents is 1. The van der Waals surface area contributed by atoms with Crippen LogP contribution < -0.4 is 10.5 Å². The van der Waals surface area contributed by atoms with Crippen molar-refractivity contribution in [2.45, 2.75) is 19.5 Å². The predicted octanol–water partition coefficient (Wildman–Crippen LogP) is 2.78. The first-order valence-electron chi connectivity index (χ1n) is 7.73. The van der Waals surface area contributed by atoms with E-state index < -0.39 is 6.04 Å². The summed E-state index contributed by atoms with van der Waals surface area (Å²) in [6, 6.07) is 10.6. The fourth-order valence-corrected chi connectivity index (χ4v) is 3.05. The number of ether oxygens (including phenoxy) is 1. The van der Waals surface area contributed by atoms with Gasteiger partial charge in [0.05, 0.1) is 6.04 Å². The Hall–Kier alpha value is -2.24. The SMILES string of the molecule is CC(C(N)=O)N1CCOc2c(O)cc(-c3cccc(Cl)c3)cc2C1. The number of aromatic hydroxyl groups is 1. The third-order valence-corrected chi connectivity index (χ3v) is 4.50. The van der Waals surface area contributed by atoms with Crippen molar-refractivity contribution < 1.29 is 14.6 Å². The zero-order chi connectivity index (χ0) is 17.3. The van der Waals surface area contributed by atoms with E-state index in [9.17, 15) is 9.90 Å². The number of hydrogen-bond donors (Lipinski definition) is 2. The Morgan fingerprint density at radius 3 is 2.83 bits per heavy atom. The van der Waals surface area contributed by atoms with Crippen molar-refractivity contribution in [3.05, 3.63) is 47.0 Å². The van der Waals surface area contributed by atoms with Crippen molar-refractivity contribution in [1.82, 2.24) is 4.90 Å². The lowest BCUT2D eigenvalue weighted by molar-refractivity contribution is -0.122. The highest BCUT2D eigenvalue weighted by molar-refractivity contribution is 6.30. The van der Waals surface area contributed by atoms with Crippen LogP contribution in [0.15, 0.2) is 36.4 Å². The van der Waals surface area contributed by atoms with Crippen LogP contribution in [0.4, 0.5) is 0 Å². The molecule has 0 bridgehead atoms. The second-order valence-electron chi connectivity index (χ2n) is 5.89. The number of nitrogens with two attached hydrogens (primary N) is 1. The molecule has 5 nitrogen and oxygen atoms in total. The number of carbonyl (C=O) groups is 1. The molecule has 3 N–H and O–H groups in total. The molecule has 0 aliphatic carbocycles. The lowest BCUT2D eigenvalue weighted by Crippen LogP contribution is -2.43. The van der Waals surface area contributed by atoms with Crippen LogP contribution in [0.25, 0.3) is 11.1 Å². The monoisotopic (exact) mass is 346 g/mol. The summed E-state index contributed by atoms with van der Waals surface area (Å²) in [6.45, 7) is 3.19. The van der Waals surface area contributed by atoms with E-state index in [0.717, 1.165) is 16.7 Å². The molecule has 1 atom stereocenters. The summed E-state index contributed by atoms with van der Waals surface area (Å²) in [7, 11) is 0. The van der Waals surface area contributed by atoms with Gasteiger partial charge in [-0.3, -0.25) is 9.69 Å². The summed E-state index contributed by atoms with van der Waals surface area (Å²) in [4.78, 5) is 13.4. The molecule has 1 heterocycles. The zero-order valence-electron chi connectivity index (χ0n) is 13.3. The topological polar surface area (TPSA) is 75.8 Å². The Morgan fingerprint density at radius 1 is 1.33 bits per heavy atom. The molecular formula is C18H19ClN2O3. The van der Waals surface area contributed by atoms with Gasteiger partial charge < -0.3 is 15.6 Å². The summed E-state index contributed by atoms with van der Waals surface area (Å²) in [5.41, 5.74) is 7.98. The Bertz CT molecular complexity index is 779. The third kappa shape index (κ3) is 3.32. The molecule has 0 aromatic heterocycles. The summed E-state index contributed by atoms with van der Waals surface area (Å²) in [6.07, 6.45) is 0. The van der Waals surface area contributed by atoms with E-state index in [2.05, 4.69) is 0 Å². The van der Waals surface area contributed by atoms with E-state index in [1.807, 2.05) is 29.2 Å². The first-order valence-corrected chi connectivity index (χ1v) is 8.11. The van der Waals surface area contributed by atoms with Crippen molar-refractivity contribution >= 4 is 17.5 Å². The molecule has 0 spiro atoms. The van der Waals surface area contributed by atoms with E-state index >= 15 is 0 Å². The van der Waals surface area contributed by atoms with E-state index in [-0.39, 0.29) is 11.7 Å². The Balaban J connectivity index is 2.01. The van der Waals surface area contributed by atoms with Gasteiger partial charge in [0.1, 0.15) is 6.61 Å². The van der Waals surface area contributed by atoms with Crippen LogP contribution in [0.1, 0.15) is 12.5 Å². The van der Waals surface area contributed by atoms with Crippen LogP contribution >= 0.6 is 11.6 Å². The third-order valence-electron chi connectivity index (χ3n) is 4.26. The van der Waals surface area contributed by atoms with Gasteiger partial charge in [0, 0.05) is 23.7 Å². The molecule has 0 radical (unpaired) electrons. The quantitative estimate of drug-likeness (QED) is 0.896. The molecule has 1 aliphatic heterocycles. The number of nitrogens with zero attached hydrogens (tertiary/aromatic N) is 1. The molecule has 1 unspecified atom stereocenters. The molecule has 1 amide bonds. The maximum Gasteiger partial charge on any atom is 0.234 e. The average molecular weight is 347 g/mol. The molecule has 2 aromatic rings. The number of phenols is 1. The first kappa shape index (κ1) is 16.6. The number of benzene rings is 2. The fourth-order valence-electron chi connectivity index (χ4n) is 2.86. The molecule has 3 rings (SSSR count). The molecule has 24 heavy (non-hydrogen) atoms. The van der Waals surface area contributed by atoms with E-state index in [1.54, 1.807) is 19.1 Å². The average Bonchev–Trinajstić information content (AvgIpc) is 2.76. The van der Waals surface area contributed by atoms with Crippen LogP contribution in [-0.4, -0.2) is 35.1 Å². The largest absolute Gasteiger partial charge is 0.504 e. The predicted molar refractivity (Wildman–Crippen MR) is 93.1 cm³/mol. The van der Waals surface area contributed by atoms with Crippen LogP contribution in [0, 0.1) is 0 Å². The molecule has 6 heteroatoms. The zero-order valence-corrected chi connectivity index (χ0v) is 14.1. The smallest absolute Gasteiger partial charge is 0.234 e. The van der Waals surface area contributed by atoms with Gasteiger partial charge in [0.15, 0.2) is 11.5 Å². The number of hydrogen-bond acceptors (Lipinski definition) is 4. The fraction of sp³-hybridized carbons (Fsp3) is 0.278. The minimum atomic E-state index is -0.406. The standard InChI is InChI=1S/C18H19ClN2O3/c1-11(18(20)23)21-5-6-24-17-14(10-21)7-13(9-16(17)22)12-3-2-4-15(19)8-12/h2-4,7-9,11,22H,5-6,10H2,1H3,(H2,20,23). The molecular weight excluding hydrogens is 328 g/mol. The Morgan fingerprint density at radius 2 is 2.12 bits per heavy atom. The first-order chi connectivity index (χ1) is 11.5. The highest BCUT2D eigenvalue weighted by Crippen LogP contribution is 2.38. The van der Waals surface area contributed by atoms with Crippen molar-refractivity contribution in [2.75, 3.05) is 13.2 Å². The van der Waals surface area contributed by atoms with Crippen molar-refractivity contribution in [1.29, 1.82) is 0 Å². The lowest BCUT2D eigenvalue weighted by Gasteiger charge is -2.24. The van der Waals surface area contributed by atoms with Crippen molar-refractivity contribution in [2.24, 2.45) is 5.73 Å². The summed E-state index contributed by atoms with van der Waals surface area (Å²) in [5.74, 6) is 0.157. The van der Waals surface area contributed by atoms with E-state index in [4.69, 9.17) is 22.1 Å². The summed E-state index contributed by atoms with van der Waals surface area (Å²) >= 11 is 6.06. The second kappa shape index (κ2) is 6.71. The molecule has 1 aliphatic rings. The molecule has 2 aromatic carbocycles. The van der Waals surface area contributed by atoms with Gasteiger partial charge in [-0.1, -0.05) is 23.7 Å². The van der Waals surface area contributed by atoms with Gasteiger partial charge in [-0.25, -0.2) is 0 Å². The molecule has 0 saturated carbocycles. The maximum atomic E-state index is 11.5. The van der Waals surface area contributed by atoms with Crippen molar-refractivity contribution in [3.63, 3.8) is 0 Å². The van der Waals surface area contributed by atoms with Gasteiger partial charge in [0.25, 0.3) is 0 Å². The van der Waals surface area contributed by atoms with Gasteiger partial charge in [-0.05, 0) is 42.3 Å². The van der Waals surface area contributed by atoms with Crippen LogP contribution in [0.5, 0.6) is 11.5 Å². The number of amides is 1. The summed E-state index contributed by atoms with van der Waals surface area (Å²) < 4.78 is 5.68. The highest BCUT2D eigenvalue weighted by Gasteiger charge is 2.25. The lowest BCUT2D eigenvalue weighted by atomic mass is 10.0. The van der Waals surface area contributed by atoms with E-state index in [0.29, 0.717) is 30.5 Å². The van der Waals surface area contributed by atoms with Crippen molar-refractivity contribution in [3.8, 4) is 22.6 Å². The molecule has 126 valence electrons. The summed E-state index contributed by atoms with van der Waals surface area (Å²) in [5, 5.41) is 11.0. The normalized spacial score (nSPS) is 15.9. The number of primary amides is 1. The van der Waals surface area contributed by atoms with Gasteiger partial charge in [-0.2, -0.15) is 0 Å². The highest BCUT2D eigenvalue weighted by atomic mass is 35.5. The number of rotatable bonds is 3. The Labute approximate surface area is 145 Å². The minimum Gasteiger partial charge on any atom is -0.504 e. The molecule has 0 saturated heterocycles. The number of carbonyl (C=O) groups excluding carboxylic acids is 1. The number of halogens is 1. The van der Waals surface area contributed by atoms with Gasteiger partial charge in [0.2, 0.25) is 5.91 Å². The molecule has 0 fully saturated rings. The maximum absolute atomic E-state index is 11.5.